The summed E-state index contributed by atoms with van der Waals surface area (Å²) in [4.78, 5) is 5.50. The summed E-state index contributed by atoms with van der Waals surface area (Å²) in [6.07, 6.45) is 1.74. The molecule has 1 unspecified atom stereocenters. The van der Waals surface area contributed by atoms with Gasteiger partial charge in [0.2, 0.25) is 5.88 Å². The number of aromatic nitrogens is 1. The minimum Gasteiger partial charge on any atom is -0.476 e. The Balaban J connectivity index is 2.13. The molecule has 2 aromatic heterocycles. The fourth-order valence-corrected chi connectivity index (χ4v) is 3.07. The molecular formula is C13H15BrN2OS. The molecule has 0 fully saturated rings. The van der Waals surface area contributed by atoms with Crippen LogP contribution >= 0.6 is 27.3 Å². The first-order valence-electron chi connectivity index (χ1n) is 5.79. The van der Waals surface area contributed by atoms with E-state index in [1.165, 1.54) is 4.88 Å². The van der Waals surface area contributed by atoms with E-state index in [1.807, 2.05) is 19.1 Å². The van der Waals surface area contributed by atoms with Gasteiger partial charge in [0.1, 0.15) is 0 Å². The van der Waals surface area contributed by atoms with Gasteiger partial charge in [0.15, 0.2) is 0 Å². The number of nitrogens with one attached hydrogen (secondary N) is 1. The summed E-state index contributed by atoms with van der Waals surface area (Å²) in [7, 11) is 0. The van der Waals surface area contributed by atoms with E-state index in [4.69, 9.17) is 4.74 Å². The van der Waals surface area contributed by atoms with Crippen molar-refractivity contribution in [2.45, 2.75) is 19.9 Å². The number of halogens is 1. The second-order valence-electron chi connectivity index (χ2n) is 3.82. The molecule has 1 N–H and O–H groups in total. The molecule has 0 saturated carbocycles. The Hall–Kier alpha value is -1.07. The number of hydrogen-bond donors (Lipinski definition) is 1. The van der Waals surface area contributed by atoms with Crippen LogP contribution in [-0.2, 0) is 0 Å². The van der Waals surface area contributed by atoms with Crippen LogP contribution < -0.4 is 10.1 Å². The van der Waals surface area contributed by atoms with Gasteiger partial charge in [0.25, 0.3) is 0 Å². The maximum Gasteiger partial charge on any atom is 0.237 e. The molecule has 0 aromatic carbocycles. The average molecular weight is 327 g/mol. The number of nitrogens with zero attached hydrogens (tertiary/aromatic N) is 1. The lowest BCUT2D eigenvalue weighted by Crippen LogP contribution is -2.07. The van der Waals surface area contributed by atoms with E-state index in [0.717, 1.165) is 10.2 Å². The first-order chi connectivity index (χ1) is 8.70. The lowest BCUT2D eigenvalue weighted by atomic mass is 10.2. The Labute approximate surface area is 119 Å². The highest BCUT2D eigenvalue weighted by Crippen LogP contribution is 2.30. The van der Waals surface area contributed by atoms with E-state index in [-0.39, 0.29) is 6.04 Å². The van der Waals surface area contributed by atoms with E-state index < -0.39 is 0 Å². The molecular weight excluding hydrogens is 312 g/mol. The molecule has 0 aliphatic rings. The highest BCUT2D eigenvalue weighted by atomic mass is 79.9. The predicted octanol–water partition coefficient (Wildman–Crippen LogP) is 4.48. The maximum atomic E-state index is 5.50. The van der Waals surface area contributed by atoms with Crippen molar-refractivity contribution >= 4 is 33.0 Å². The summed E-state index contributed by atoms with van der Waals surface area (Å²) < 4.78 is 6.62. The van der Waals surface area contributed by atoms with Crippen molar-refractivity contribution in [1.82, 2.24) is 4.98 Å². The zero-order chi connectivity index (χ0) is 13.0. The van der Waals surface area contributed by atoms with Crippen LogP contribution in [0.1, 0.15) is 24.8 Å². The van der Waals surface area contributed by atoms with E-state index in [0.29, 0.717) is 12.5 Å². The Bertz CT molecular complexity index is 515. The highest BCUT2D eigenvalue weighted by molar-refractivity contribution is 9.10. The van der Waals surface area contributed by atoms with Gasteiger partial charge in [-0.1, -0.05) is 0 Å². The standard InChI is InChI=1S/C13H15BrN2OS/c1-3-17-13-11(5-4-6-15-13)16-9(2)12-7-10(14)8-18-12/h4-9,16H,3H2,1-2H3. The quantitative estimate of drug-likeness (QED) is 0.879. The minimum atomic E-state index is 0.227. The van der Waals surface area contributed by atoms with Gasteiger partial charge < -0.3 is 10.1 Å². The van der Waals surface area contributed by atoms with Gasteiger partial charge in [0, 0.05) is 20.9 Å². The molecule has 3 nitrogen and oxygen atoms in total. The largest absolute Gasteiger partial charge is 0.476 e. The molecule has 0 bridgehead atoms. The molecule has 0 radical (unpaired) electrons. The number of rotatable bonds is 5. The lowest BCUT2D eigenvalue weighted by molar-refractivity contribution is 0.328. The summed E-state index contributed by atoms with van der Waals surface area (Å²) >= 11 is 5.20. The van der Waals surface area contributed by atoms with Crippen LogP contribution in [0.2, 0.25) is 0 Å². The zero-order valence-corrected chi connectivity index (χ0v) is 12.7. The maximum absolute atomic E-state index is 5.50. The Morgan fingerprint density at radius 2 is 2.39 bits per heavy atom. The van der Waals surface area contributed by atoms with Gasteiger partial charge in [-0.3, -0.25) is 0 Å². The molecule has 5 heteroatoms. The average Bonchev–Trinajstić information content (AvgIpc) is 2.79. The number of hydrogen-bond acceptors (Lipinski definition) is 4. The Morgan fingerprint density at radius 3 is 3.06 bits per heavy atom. The van der Waals surface area contributed by atoms with Crippen molar-refractivity contribution in [1.29, 1.82) is 0 Å². The number of pyridine rings is 1. The van der Waals surface area contributed by atoms with Gasteiger partial charge in [0.05, 0.1) is 18.3 Å². The van der Waals surface area contributed by atoms with Crippen molar-refractivity contribution < 1.29 is 4.74 Å². The zero-order valence-electron chi connectivity index (χ0n) is 10.3. The Morgan fingerprint density at radius 1 is 1.56 bits per heavy atom. The highest BCUT2D eigenvalue weighted by Gasteiger charge is 2.11. The third-order valence-corrected chi connectivity index (χ3v) is 4.31. The second-order valence-corrected chi connectivity index (χ2v) is 5.68. The molecule has 18 heavy (non-hydrogen) atoms. The molecule has 96 valence electrons. The van der Waals surface area contributed by atoms with Crippen LogP contribution in [0.25, 0.3) is 0 Å². The van der Waals surface area contributed by atoms with Crippen LogP contribution in [0.15, 0.2) is 34.2 Å². The van der Waals surface area contributed by atoms with Crippen molar-refractivity contribution in [3.05, 3.63) is 39.1 Å². The normalized spacial score (nSPS) is 12.2. The van der Waals surface area contributed by atoms with Crippen molar-refractivity contribution in [2.24, 2.45) is 0 Å². The number of thiophene rings is 1. The van der Waals surface area contributed by atoms with Crippen molar-refractivity contribution in [3.63, 3.8) is 0 Å². The van der Waals surface area contributed by atoms with Gasteiger partial charge >= 0.3 is 0 Å². The second kappa shape index (κ2) is 6.20. The number of anilines is 1. The third kappa shape index (κ3) is 3.23. The molecule has 2 heterocycles. The minimum absolute atomic E-state index is 0.227. The smallest absolute Gasteiger partial charge is 0.237 e. The first kappa shape index (κ1) is 13.4. The van der Waals surface area contributed by atoms with Crippen LogP contribution in [0, 0.1) is 0 Å². The topological polar surface area (TPSA) is 34.1 Å². The fourth-order valence-electron chi connectivity index (χ4n) is 1.61. The Kier molecular flexibility index (Phi) is 4.60. The molecule has 2 aromatic rings. The molecule has 2 rings (SSSR count). The first-order valence-corrected chi connectivity index (χ1v) is 7.46. The molecule has 0 amide bonds. The van der Waals surface area contributed by atoms with E-state index in [2.05, 4.69) is 44.6 Å². The van der Waals surface area contributed by atoms with Crippen molar-refractivity contribution in [2.75, 3.05) is 11.9 Å². The van der Waals surface area contributed by atoms with Gasteiger partial charge in [-0.2, -0.15) is 0 Å². The molecule has 0 aliphatic carbocycles. The predicted molar refractivity (Wildman–Crippen MR) is 79.5 cm³/mol. The summed E-state index contributed by atoms with van der Waals surface area (Å²) in [6, 6.07) is 6.24. The summed E-state index contributed by atoms with van der Waals surface area (Å²) in [5, 5.41) is 5.51. The van der Waals surface area contributed by atoms with E-state index in [9.17, 15) is 0 Å². The van der Waals surface area contributed by atoms with E-state index >= 15 is 0 Å². The number of ether oxygens (including phenoxy) is 1. The lowest BCUT2D eigenvalue weighted by Gasteiger charge is -2.16. The summed E-state index contributed by atoms with van der Waals surface area (Å²) in [5.74, 6) is 0.655. The SMILES string of the molecule is CCOc1ncccc1NC(C)c1cc(Br)cs1. The fraction of sp³-hybridized carbons (Fsp3) is 0.308. The molecule has 1 atom stereocenters. The molecule has 0 aliphatic heterocycles. The third-order valence-electron chi connectivity index (χ3n) is 2.44. The summed E-state index contributed by atoms with van der Waals surface area (Å²) in [6.45, 7) is 4.70. The van der Waals surface area contributed by atoms with E-state index in [1.54, 1.807) is 17.5 Å². The van der Waals surface area contributed by atoms with Gasteiger partial charge in [-0.05, 0) is 48.0 Å². The molecule has 0 saturated heterocycles. The van der Waals surface area contributed by atoms with Crippen molar-refractivity contribution in [3.8, 4) is 5.88 Å². The van der Waals surface area contributed by atoms with Crippen LogP contribution in [0.4, 0.5) is 5.69 Å². The molecule has 0 spiro atoms. The van der Waals surface area contributed by atoms with Gasteiger partial charge in [-0.25, -0.2) is 4.98 Å². The van der Waals surface area contributed by atoms with Crippen LogP contribution in [0.5, 0.6) is 5.88 Å². The summed E-state index contributed by atoms with van der Waals surface area (Å²) in [5.41, 5.74) is 0.927. The van der Waals surface area contributed by atoms with Crippen LogP contribution in [0.3, 0.4) is 0 Å². The van der Waals surface area contributed by atoms with Gasteiger partial charge in [-0.15, -0.1) is 11.3 Å². The van der Waals surface area contributed by atoms with Crippen LogP contribution in [-0.4, -0.2) is 11.6 Å². The monoisotopic (exact) mass is 326 g/mol.